The molecule has 16 heavy (non-hydrogen) atoms. The van der Waals surface area contributed by atoms with E-state index in [2.05, 4.69) is 6.07 Å². The summed E-state index contributed by atoms with van der Waals surface area (Å²) in [6, 6.07) is 2.16. The molecule has 1 atom stereocenters. The highest BCUT2D eigenvalue weighted by Crippen LogP contribution is 2.27. The van der Waals surface area contributed by atoms with Crippen LogP contribution in [-0.4, -0.2) is 5.78 Å². The van der Waals surface area contributed by atoms with Crippen molar-refractivity contribution in [3.63, 3.8) is 0 Å². The summed E-state index contributed by atoms with van der Waals surface area (Å²) in [5, 5.41) is 8.98. The van der Waals surface area contributed by atoms with Crippen LogP contribution in [0.4, 0.5) is 0 Å². The molecule has 1 fully saturated rings. The van der Waals surface area contributed by atoms with Crippen LogP contribution >= 0.6 is 0 Å². The molecule has 1 aliphatic rings. The highest BCUT2D eigenvalue weighted by Gasteiger charge is 2.24. The molecule has 2 heteroatoms. The number of carbonyl (C=O) groups is 1. The third-order valence-corrected chi connectivity index (χ3v) is 3.62. The second-order valence-electron chi connectivity index (χ2n) is 5.38. The van der Waals surface area contributed by atoms with Gasteiger partial charge in [-0.15, -0.1) is 0 Å². The molecule has 0 N–H and O–H groups in total. The quantitative estimate of drug-likeness (QED) is 0.679. The zero-order valence-electron chi connectivity index (χ0n) is 10.5. The summed E-state index contributed by atoms with van der Waals surface area (Å²) in [5.41, 5.74) is 0. The van der Waals surface area contributed by atoms with Crippen molar-refractivity contribution < 1.29 is 4.79 Å². The molecule has 0 spiro atoms. The van der Waals surface area contributed by atoms with Gasteiger partial charge in [0.15, 0.2) is 5.78 Å². The maximum Gasteiger partial charge on any atom is 0.150 e. The Bertz CT molecular complexity index is 256. The summed E-state index contributed by atoms with van der Waals surface area (Å²) in [6.07, 6.45) is 8.15. The third-order valence-electron chi connectivity index (χ3n) is 3.62. The van der Waals surface area contributed by atoms with Gasteiger partial charge in [0.05, 0.1) is 6.07 Å². The molecule has 0 heterocycles. The molecule has 90 valence electrons. The van der Waals surface area contributed by atoms with Crippen molar-refractivity contribution in [3.05, 3.63) is 0 Å². The highest BCUT2D eigenvalue weighted by atomic mass is 16.1. The predicted molar refractivity (Wildman–Crippen MR) is 64.8 cm³/mol. The molecule has 0 aromatic carbocycles. The van der Waals surface area contributed by atoms with Crippen LogP contribution < -0.4 is 0 Å². The summed E-state index contributed by atoms with van der Waals surface area (Å²) in [7, 11) is 0. The first kappa shape index (κ1) is 13.2. The van der Waals surface area contributed by atoms with E-state index in [1.54, 1.807) is 0 Å². The second-order valence-corrected chi connectivity index (χ2v) is 5.38. The van der Waals surface area contributed by atoms with Crippen LogP contribution in [0.2, 0.25) is 0 Å². The molecule has 2 nitrogen and oxygen atoms in total. The lowest BCUT2D eigenvalue weighted by Gasteiger charge is -2.17. The minimum Gasteiger partial charge on any atom is -0.298 e. The number of nitrogens with zero attached hydrogens (tertiary/aromatic N) is 1. The SMILES string of the molecule is CC(C)C(C#N)C(=O)CC1CCCCCC1. The maximum absolute atomic E-state index is 12.0. The van der Waals surface area contributed by atoms with Crippen molar-refractivity contribution in [1.82, 2.24) is 0 Å². The molecule has 0 aliphatic heterocycles. The van der Waals surface area contributed by atoms with Gasteiger partial charge in [-0.1, -0.05) is 52.4 Å². The van der Waals surface area contributed by atoms with Gasteiger partial charge in [-0.2, -0.15) is 5.26 Å². The summed E-state index contributed by atoms with van der Waals surface area (Å²) >= 11 is 0. The molecule has 1 aliphatic carbocycles. The third kappa shape index (κ3) is 3.96. The fraction of sp³-hybridized carbons (Fsp3) is 0.857. The normalized spacial score (nSPS) is 20.1. The van der Waals surface area contributed by atoms with Crippen molar-refractivity contribution in [1.29, 1.82) is 5.26 Å². The minimum atomic E-state index is -0.386. The topological polar surface area (TPSA) is 40.9 Å². The lowest BCUT2D eigenvalue weighted by atomic mass is 9.85. The van der Waals surface area contributed by atoms with E-state index in [9.17, 15) is 4.79 Å². The zero-order chi connectivity index (χ0) is 12.0. The molecule has 0 radical (unpaired) electrons. The van der Waals surface area contributed by atoms with Crippen molar-refractivity contribution in [2.45, 2.75) is 58.8 Å². The highest BCUT2D eigenvalue weighted by molar-refractivity contribution is 5.83. The number of Topliss-reactive ketones (excluding diaryl/α,β-unsaturated/α-hetero) is 1. The second kappa shape index (κ2) is 6.68. The van der Waals surface area contributed by atoms with Gasteiger partial charge in [0.1, 0.15) is 5.92 Å². The molecule has 0 amide bonds. The molecular formula is C14H23NO. The average Bonchev–Trinajstić information content (AvgIpc) is 2.46. The molecule has 1 unspecified atom stereocenters. The van der Waals surface area contributed by atoms with Crippen LogP contribution in [0.3, 0.4) is 0 Å². The van der Waals surface area contributed by atoms with E-state index in [1.807, 2.05) is 13.8 Å². The van der Waals surface area contributed by atoms with Gasteiger partial charge < -0.3 is 0 Å². The van der Waals surface area contributed by atoms with E-state index in [1.165, 1.54) is 38.5 Å². The lowest BCUT2D eigenvalue weighted by molar-refractivity contribution is -0.123. The Morgan fingerprint density at radius 1 is 1.25 bits per heavy atom. The van der Waals surface area contributed by atoms with E-state index in [-0.39, 0.29) is 17.6 Å². The molecule has 0 saturated heterocycles. The first-order chi connectivity index (χ1) is 7.65. The van der Waals surface area contributed by atoms with Crippen LogP contribution in [-0.2, 0) is 4.79 Å². The number of hydrogen-bond donors (Lipinski definition) is 0. The summed E-state index contributed by atoms with van der Waals surface area (Å²) in [4.78, 5) is 12.0. The molecular weight excluding hydrogens is 198 g/mol. The Hall–Kier alpha value is -0.840. The average molecular weight is 221 g/mol. The lowest BCUT2D eigenvalue weighted by Crippen LogP contribution is -2.21. The van der Waals surface area contributed by atoms with Crippen molar-refractivity contribution in [2.24, 2.45) is 17.8 Å². The number of ketones is 1. The van der Waals surface area contributed by atoms with E-state index < -0.39 is 0 Å². The monoisotopic (exact) mass is 221 g/mol. The van der Waals surface area contributed by atoms with Crippen LogP contribution in [0.15, 0.2) is 0 Å². The van der Waals surface area contributed by atoms with Crippen LogP contribution in [0, 0.1) is 29.1 Å². The van der Waals surface area contributed by atoms with E-state index in [0.717, 1.165) is 0 Å². The number of nitriles is 1. The number of rotatable bonds is 4. The largest absolute Gasteiger partial charge is 0.298 e. The maximum atomic E-state index is 12.0. The molecule has 0 aromatic heterocycles. The Kier molecular flexibility index (Phi) is 5.52. The predicted octanol–water partition coefficient (Wildman–Crippen LogP) is 3.71. The standard InChI is InChI=1S/C14H23NO/c1-11(2)13(10-15)14(16)9-12-7-5-3-4-6-8-12/h11-13H,3-9H2,1-2H3. The van der Waals surface area contributed by atoms with E-state index >= 15 is 0 Å². The van der Waals surface area contributed by atoms with Gasteiger partial charge in [0.2, 0.25) is 0 Å². The van der Waals surface area contributed by atoms with Crippen LogP contribution in [0.5, 0.6) is 0 Å². The van der Waals surface area contributed by atoms with Gasteiger partial charge in [-0.3, -0.25) is 4.79 Å². The Morgan fingerprint density at radius 3 is 2.25 bits per heavy atom. The van der Waals surface area contributed by atoms with Crippen molar-refractivity contribution in [2.75, 3.05) is 0 Å². The van der Waals surface area contributed by atoms with Gasteiger partial charge >= 0.3 is 0 Å². The fourth-order valence-electron chi connectivity index (χ4n) is 2.57. The Balaban J connectivity index is 2.46. The van der Waals surface area contributed by atoms with Crippen LogP contribution in [0.25, 0.3) is 0 Å². The minimum absolute atomic E-state index is 0.156. The van der Waals surface area contributed by atoms with Gasteiger partial charge in [0, 0.05) is 6.42 Å². The smallest absolute Gasteiger partial charge is 0.150 e. The first-order valence-corrected chi connectivity index (χ1v) is 6.57. The summed E-state index contributed by atoms with van der Waals surface area (Å²) in [6.45, 7) is 3.91. The number of carbonyl (C=O) groups excluding carboxylic acids is 1. The van der Waals surface area contributed by atoms with Crippen LogP contribution in [0.1, 0.15) is 58.8 Å². The molecule has 0 bridgehead atoms. The van der Waals surface area contributed by atoms with Gasteiger partial charge in [-0.25, -0.2) is 0 Å². The molecule has 0 aromatic rings. The Labute approximate surface area is 99.0 Å². The van der Waals surface area contributed by atoms with Crippen molar-refractivity contribution >= 4 is 5.78 Å². The van der Waals surface area contributed by atoms with Gasteiger partial charge in [-0.05, 0) is 11.8 Å². The fourth-order valence-corrected chi connectivity index (χ4v) is 2.57. The Morgan fingerprint density at radius 2 is 1.81 bits per heavy atom. The first-order valence-electron chi connectivity index (χ1n) is 6.57. The summed E-state index contributed by atoms with van der Waals surface area (Å²) in [5.74, 6) is 0.487. The van der Waals surface area contributed by atoms with E-state index in [4.69, 9.17) is 5.26 Å². The molecule has 1 saturated carbocycles. The van der Waals surface area contributed by atoms with Gasteiger partial charge in [0.25, 0.3) is 0 Å². The zero-order valence-corrected chi connectivity index (χ0v) is 10.5. The van der Waals surface area contributed by atoms with Crippen molar-refractivity contribution in [3.8, 4) is 6.07 Å². The summed E-state index contributed by atoms with van der Waals surface area (Å²) < 4.78 is 0. The number of hydrogen-bond acceptors (Lipinski definition) is 2. The molecule has 1 rings (SSSR count). The van der Waals surface area contributed by atoms with E-state index in [0.29, 0.717) is 12.3 Å².